The first-order valence-electron chi connectivity index (χ1n) is 4.96. The fourth-order valence-electron chi connectivity index (χ4n) is 1.31. The van der Waals surface area contributed by atoms with Crippen molar-refractivity contribution in [3.05, 3.63) is 30.1 Å². The monoisotopic (exact) mass is 210 g/mol. The summed E-state index contributed by atoms with van der Waals surface area (Å²) >= 11 is 0. The lowest BCUT2D eigenvalue weighted by Crippen LogP contribution is -2.31. The number of pyridine rings is 1. The number of hydrogen-bond donors (Lipinski definition) is 1. The third-order valence-corrected chi connectivity index (χ3v) is 2.32. The molecular weight excluding hydrogens is 192 g/mol. The number of nitrogens with one attached hydrogen (secondary N) is 1. The van der Waals surface area contributed by atoms with Crippen LogP contribution in [0.3, 0.4) is 0 Å². The number of rotatable bonds is 6. The van der Waals surface area contributed by atoms with Crippen LogP contribution in [0.1, 0.15) is 18.5 Å². The van der Waals surface area contributed by atoms with Gasteiger partial charge in [-0.15, -0.1) is 0 Å². The molecule has 0 aromatic carbocycles. The van der Waals surface area contributed by atoms with Crippen molar-refractivity contribution in [3.8, 4) is 0 Å². The Labute approximate surface area is 90.6 Å². The third kappa shape index (κ3) is 3.95. The minimum atomic E-state index is -0.200. The molecule has 0 aliphatic rings. The second-order valence-corrected chi connectivity index (χ2v) is 3.31. The highest BCUT2D eigenvalue weighted by molar-refractivity contribution is 5.13. The summed E-state index contributed by atoms with van der Waals surface area (Å²) in [5.74, 6) is 0. The summed E-state index contributed by atoms with van der Waals surface area (Å²) in [6.45, 7) is 2.76. The quantitative estimate of drug-likeness (QED) is 0.720. The smallest absolute Gasteiger partial charge is 0.169 e. The molecule has 0 amide bonds. The molecule has 0 bridgehead atoms. The number of nitrogens with zero attached hydrogens (tertiary/aromatic N) is 1. The zero-order chi connectivity index (χ0) is 11.1. The van der Waals surface area contributed by atoms with Gasteiger partial charge in [-0.1, -0.05) is 0 Å². The molecule has 1 aromatic rings. The SMILES string of the molecule is COC(CN[C@@H](C)c1ccncc1)OC. The maximum Gasteiger partial charge on any atom is 0.169 e. The second-order valence-electron chi connectivity index (χ2n) is 3.31. The number of aromatic nitrogens is 1. The van der Waals surface area contributed by atoms with E-state index in [1.807, 2.05) is 12.1 Å². The van der Waals surface area contributed by atoms with Crippen molar-refractivity contribution in [3.63, 3.8) is 0 Å². The second kappa shape index (κ2) is 6.50. The van der Waals surface area contributed by atoms with Crippen LogP contribution >= 0.6 is 0 Å². The van der Waals surface area contributed by atoms with Crippen LogP contribution in [0.4, 0.5) is 0 Å². The predicted octanol–water partition coefficient (Wildman–Crippen LogP) is 1.35. The molecule has 0 saturated heterocycles. The molecule has 0 saturated carbocycles. The topological polar surface area (TPSA) is 43.4 Å². The minimum absolute atomic E-state index is 0.200. The summed E-state index contributed by atoms with van der Waals surface area (Å²) < 4.78 is 10.2. The van der Waals surface area contributed by atoms with Crippen LogP contribution in [0.25, 0.3) is 0 Å². The highest BCUT2D eigenvalue weighted by atomic mass is 16.7. The summed E-state index contributed by atoms with van der Waals surface area (Å²) in [7, 11) is 3.26. The molecule has 0 aliphatic heterocycles. The Kier molecular flexibility index (Phi) is 5.25. The Balaban J connectivity index is 2.39. The molecule has 15 heavy (non-hydrogen) atoms. The van der Waals surface area contributed by atoms with Gasteiger partial charge in [0.2, 0.25) is 0 Å². The van der Waals surface area contributed by atoms with Crippen LogP contribution in [0.15, 0.2) is 24.5 Å². The van der Waals surface area contributed by atoms with Crippen molar-refractivity contribution in [1.29, 1.82) is 0 Å². The van der Waals surface area contributed by atoms with E-state index in [1.54, 1.807) is 26.6 Å². The zero-order valence-electron chi connectivity index (χ0n) is 9.43. The zero-order valence-corrected chi connectivity index (χ0v) is 9.43. The number of hydrogen-bond acceptors (Lipinski definition) is 4. The van der Waals surface area contributed by atoms with Gasteiger partial charge in [-0.05, 0) is 24.6 Å². The van der Waals surface area contributed by atoms with Crippen molar-refractivity contribution >= 4 is 0 Å². The molecule has 0 spiro atoms. The molecule has 0 fully saturated rings. The van der Waals surface area contributed by atoms with Crippen molar-refractivity contribution in [1.82, 2.24) is 10.3 Å². The fraction of sp³-hybridized carbons (Fsp3) is 0.545. The molecule has 1 atom stereocenters. The molecule has 0 unspecified atom stereocenters. The average Bonchev–Trinajstić information content (AvgIpc) is 2.31. The van der Waals surface area contributed by atoms with E-state index in [2.05, 4.69) is 17.2 Å². The van der Waals surface area contributed by atoms with Crippen molar-refractivity contribution in [2.75, 3.05) is 20.8 Å². The fourth-order valence-corrected chi connectivity index (χ4v) is 1.31. The highest BCUT2D eigenvalue weighted by Gasteiger charge is 2.08. The van der Waals surface area contributed by atoms with E-state index in [0.717, 1.165) is 0 Å². The average molecular weight is 210 g/mol. The Hall–Kier alpha value is -0.970. The van der Waals surface area contributed by atoms with Crippen LogP contribution in [-0.4, -0.2) is 32.0 Å². The van der Waals surface area contributed by atoms with Crippen LogP contribution in [0.2, 0.25) is 0 Å². The molecule has 0 aliphatic carbocycles. The van der Waals surface area contributed by atoms with Crippen LogP contribution in [-0.2, 0) is 9.47 Å². The first kappa shape index (κ1) is 12.1. The first-order chi connectivity index (χ1) is 7.27. The van der Waals surface area contributed by atoms with Gasteiger partial charge in [0.25, 0.3) is 0 Å². The van der Waals surface area contributed by atoms with E-state index < -0.39 is 0 Å². The molecule has 1 N–H and O–H groups in total. The van der Waals surface area contributed by atoms with Gasteiger partial charge in [0.15, 0.2) is 6.29 Å². The van der Waals surface area contributed by atoms with Crippen molar-refractivity contribution in [2.45, 2.75) is 19.3 Å². The summed E-state index contributed by atoms with van der Waals surface area (Å²) in [5.41, 5.74) is 1.20. The van der Waals surface area contributed by atoms with E-state index in [4.69, 9.17) is 9.47 Å². The van der Waals surface area contributed by atoms with E-state index in [0.29, 0.717) is 6.54 Å². The van der Waals surface area contributed by atoms with Gasteiger partial charge in [0, 0.05) is 39.2 Å². The normalized spacial score (nSPS) is 13.1. The third-order valence-electron chi connectivity index (χ3n) is 2.32. The lowest BCUT2D eigenvalue weighted by atomic mass is 10.1. The summed E-state index contributed by atoms with van der Waals surface area (Å²) in [6.07, 6.45) is 3.38. The van der Waals surface area contributed by atoms with Gasteiger partial charge >= 0.3 is 0 Å². The number of ether oxygens (including phenoxy) is 2. The summed E-state index contributed by atoms with van der Waals surface area (Å²) in [6, 6.07) is 4.25. The van der Waals surface area contributed by atoms with E-state index in [1.165, 1.54) is 5.56 Å². The molecule has 1 aromatic heterocycles. The Morgan fingerprint density at radius 3 is 2.40 bits per heavy atom. The van der Waals surface area contributed by atoms with Gasteiger partial charge in [0.05, 0.1) is 0 Å². The van der Waals surface area contributed by atoms with Gasteiger partial charge in [-0.25, -0.2) is 0 Å². The lowest BCUT2D eigenvalue weighted by molar-refractivity contribution is -0.0997. The first-order valence-corrected chi connectivity index (χ1v) is 4.96. The van der Waals surface area contributed by atoms with Gasteiger partial charge in [-0.2, -0.15) is 0 Å². The molecule has 4 nitrogen and oxygen atoms in total. The van der Waals surface area contributed by atoms with E-state index in [-0.39, 0.29) is 12.3 Å². The molecular formula is C11H18N2O2. The number of methoxy groups -OCH3 is 2. The summed E-state index contributed by atoms with van der Waals surface area (Å²) in [4.78, 5) is 3.98. The lowest BCUT2D eigenvalue weighted by Gasteiger charge is -2.18. The van der Waals surface area contributed by atoms with Crippen LogP contribution < -0.4 is 5.32 Å². The standard InChI is InChI=1S/C11H18N2O2/c1-9(10-4-6-12-7-5-10)13-8-11(14-2)15-3/h4-7,9,11,13H,8H2,1-3H3/t9-/m0/s1. The van der Waals surface area contributed by atoms with Gasteiger partial charge in [0.1, 0.15) is 0 Å². The summed E-state index contributed by atoms with van der Waals surface area (Å²) in [5, 5.41) is 3.32. The predicted molar refractivity (Wildman–Crippen MR) is 58.5 cm³/mol. The molecule has 1 rings (SSSR count). The van der Waals surface area contributed by atoms with Crippen molar-refractivity contribution < 1.29 is 9.47 Å². The highest BCUT2D eigenvalue weighted by Crippen LogP contribution is 2.09. The Bertz CT molecular complexity index is 263. The van der Waals surface area contributed by atoms with E-state index in [9.17, 15) is 0 Å². The Morgan fingerprint density at radius 2 is 1.87 bits per heavy atom. The van der Waals surface area contributed by atoms with Crippen LogP contribution in [0, 0.1) is 0 Å². The van der Waals surface area contributed by atoms with Crippen molar-refractivity contribution in [2.24, 2.45) is 0 Å². The maximum absolute atomic E-state index is 5.09. The Morgan fingerprint density at radius 1 is 1.27 bits per heavy atom. The van der Waals surface area contributed by atoms with E-state index >= 15 is 0 Å². The van der Waals surface area contributed by atoms with Gasteiger partial charge in [-0.3, -0.25) is 4.98 Å². The largest absolute Gasteiger partial charge is 0.355 e. The van der Waals surface area contributed by atoms with Gasteiger partial charge < -0.3 is 14.8 Å². The molecule has 84 valence electrons. The molecule has 1 heterocycles. The molecule has 4 heteroatoms. The maximum atomic E-state index is 5.09. The minimum Gasteiger partial charge on any atom is -0.355 e. The molecule has 0 radical (unpaired) electrons. The van der Waals surface area contributed by atoms with Crippen LogP contribution in [0.5, 0.6) is 0 Å².